The maximum absolute atomic E-state index is 5.39. The van der Waals surface area contributed by atoms with E-state index in [1.54, 1.807) is 6.20 Å². The highest BCUT2D eigenvalue weighted by Crippen LogP contribution is 2.23. The summed E-state index contributed by atoms with van der Waals surface area (Å²) in [6, 6.07) is 6.28. The van der Waals surface area contributed by atoms with Crippen LogP contribution in [0.15, 0.2) is 41.3 Å². The van der Waals surface area contributed by atoms with Gasteiger partial charge in [0.2, 0.25) is 0 Å². The van der Waals surface area contributed by atoms with Crippen molar-refractivity contribution in [2.45, 2.75) is 26.3 Å². The highest BCUT2D eigenvalue weighted by molar-refractivity contribution is 5.28. The minimum Gasteiger partial charge on any atom is -0.469 e. The van der Waals surface area contributed by atoms with Crippen molar-refractivity contribution in [1.29, 1.82) is 0 Å². The summed E-state index contributed by atoms with van der Waals surface area (Å²) in [6.45, 7) is 5.10. The summed E-state index contributed by atoms with van der Waals surface area (Å²) in [5.74, 6) is 0.937. The molecular formula is C14H18N2O. The molecule has 0 saturated heterocycles. The lowest BCUT2D eigenvalue weighted by atomic mass is 10.0. The summed E-state index contributed by atoms with van der Waals surface area (Å²) >= 11 is 0. The molecule has 0 radical (unpaired) electrons. The molecule has 90 valence electrons. The van der Waals surface area contributed by atoms with Crippen LogP contribution in [0.25, 0.3) is 0 Å². The van der Waals surface area contributed by atoms with Gasteiger partial charge in [-0.25, -0.2) is 0 Å². The summed E-state index contributed by atoms with van der Waals surface area (Å²) in [6.07, 6.45) is 6.61. The van der Waals surface area contributed by atoms with Crippen molar-refractivity contribution in [2.75, 3.05) is 6.54 Å². The molecular weight excluding hydrogens is 212 g/mol. The average molecular weight is 230 g/mol. The van der Waals surface area contributed by atoms with Gasteiger partial charge in [0.15, 0.2) is 0 Å². The van der Waals surface area contributed by atoms with Crippen molar-refractivity contribution in [2.24, 2.45) is 0 Å². The normalized spacial score (nSPS) is 12.6. The Bertz CT molecular complexity index is 450. The minimum absolute atomic E-state index is 0.168. The SMILES string of the molecule is CCCNC(c1cccnc1)c1coc(C)c1. The van der Waals surface area contributed by atoms with Gasteiger partial charge in [0.25, 0.3) is 0 Å². The molecule has 0 aromatic carbocycles. The fraction of sp³-hybridized carbons (Fsp3) is 0.357. The molecule has 0 amide bonds. The Morgan fingerprint density at radius 3 is 2.88 bits per heavy atom. The molecule has 2 aromatic heterocycles. The Morgan fingerprint density at radius 2 is 2.29 bits per heavy atom. The first-order valence-electron chi connectivity index (χ1n) is 5.99. The molecule has 2 rings (SSSR count). The van der Waals surface area contributed by atoms with Crippen LogP contribution in [0.5, 0.6) is 0 Å². The molecule has 2 heterocycles. The Kier molecular flexibility index (Phi) is 3.94. The molecule has 0 spiro atoms. The highest BCUT2D eigenvalue weighted by atomic mass is 16.3. The van der Waals surface area contributed by atoms with E-state index in [9.17, 15) is 0 Å². The largest absolute Gasteiger partial charge is 0.469 e. The van der Waals surface area contributed by atoms with Crippen molar-refractivity contribution in [3.05, 3.63) is 53.7 Å². The molecule has 0 aliphatic carbocycles. The van der Waals surface area contributed by atoms with E-state index in [-0.39, 0.29) is 6.04 Å². The molecule has 0 aliphatic heterocycles. The quantitative estimate of drug-likeness (QED) is 0.857. The second kappa shape index (κ2) is 5.64. The molecule has 3 nitrogen and oxygen atoms in total. The second-order valence-corrected chi connectivity index (χ2v) is 4.16. The molecule has 0 bridgehead atoms. The summed E-state index contributed by atoms with van der Waals surface area (Å²) in [5.41, 5.74) is 2.32. The van der Waals surface area contributed by atoms with Crippen molar-refractivity contribution >= 4 is 0 Å². The van der Waals surface area contributed by atoms with Crippen LogP contribution in [-0.4, -0.2) is 11.5 Å². The number of aromatic nitrogens is 1. The molecule has 3 heteroatoms. The predicted octanol–water partition coefficient (Wildman–Crippen LogP) is 3.07. The number of rotatable bonds is 5. The zero-order chi connectivity index (χ0) is 12.1. The summed E-state index contributed by atoms with van der Waals surface area (Å²) in [7, 11) is 0. The summed E-state index contributed by atoms with van der Waals surface area (Å²) in [4.78, 5) is 4.18. The molecule has 0 saturated carbocycles. The summed E-state index contributed by atoms with van der Waals surface area (Å²) < 4.78 is 5.39. The average Bonchev–Trinajstić information content (AvgIpc) is 2.78. The maximum atomic E-state index is 5.39. The van der Waals surface area contributed by atoms with Gasteiger partial charge in [-0.2, -0.15) is 0 Å². The number of hydrogen-bond donors (Lipinski definition) is 1. The third-order valence-corrected chi connectivity index (χ3v) is 2.70. The molecule has 0 aliphatic rings. The van der Waals surface area contributed by atoms with Crippen molar-refractivity contribution in [3.8, 4) is 0 Å². The van der Waals surface area contributed by atoms with Crippen molar-refractivity contribution in [1.82, 2.24) is 10.3 Å². The van der Waals surface area contributed by atoms with Gasteiger partial charge < -0.3 is 9.73 Å². The van der Waals surface area contributed by atoms with E-state index in [1.807, 2.05) is 25.5 Å². The number of nitrogens with zero attached hydrogens (tertiary/aromatic N) is 1. The van der Waals surface area contributed by atoms with Gasteiger partial charge in [-0.05, 0) is 37.6 Å². The lowest BCUT2D eigenvalue weighted by Crippen LogP contribution is -2.22. The van der Waals surface area contributed by atoms with Crippen LogP contribution >= 0.6 is 0 Å². The van der Waals surface area contributed by atoms with Crippen LogP contribution in [-0.2, 0) is 0 Å². The van der Waals surface area contributed by atoms with Gasteiger partial charge in [0, 0.05) is 18.0 Å². The zero-order valence-corrected chi connectivity index (χ0v) is 10.3. The number of hydrogen-bond acceptors (Lipinski definition) is 3. The number of aryl methyl sites for hydroxylation is 1. The number of furan rings is 1. The van der Waals surface area contributed by atoms with Crippen LogP contribution in [0.4, 0.5) is 0 Å². The Morgan fingerprint density at radius 1 is 1.41 bits per heavy atom. The predicted molar refractivity (Wildman–Crippen MR) is 67.8 cm³/mol. The van der Waals surface area contributed by atoms with E-state index >= 15 is 0 Å². The zero-order valence-electron chi connectivity index (χ0n) is 10.3. The lowest BCUT2D eigenvalue weighted by molar-refractivity contribution is 0.523. The van der Waals surface area contributed by atoms with Crippen LogP contribution in [0.2, 0.25) is 0 Å². The van der Waals surface area contributed by atoms with Gasteiger partial charge in [-0.3, -0.25) is 4.98 Å². The smallest absolute Gasteiger partial charge is 0.101 e. The third-order valence-electron chi connectivity index (χ3n) is 2.70. The molecule has 17 heavy (non-hydrogen) atoms. The van der Waals surface area contributed by atoms with Crippen LogP contribution in [0.1, 0.15) is 36.3 Å². The maximum Gasteiger partial charge on any atom is 0.101 e. The molecule has 1 unspecified atom stereocenters. The van der Waals surface area contributed by atoms with E-state index in [1.165, 1.54) is 5.56 Å². The van der Waals surface area contributed by atoms with Gasteiger partial charge in [0.05, 0.1) is 12.3 Å². The fourth-order valence-electron chi connectivity index (χ4n) is 1.88. The van der Waals surface area contributed by atoms with Gasteiger partial charge >= 0.3 is 0 Å². The Labute approximate surface area is 102 Å². The fourth-order valence-corrected chi connectivity index (χ4v) is 1.88. The number of nitrogens with one attached hydrogen (secondary N) is 1. The second-order valence-electron chi connectivity index (χ2n) is 4.16. The topological polar surface area (TPSA) is 38.1 Å². The first-order valence-corrected chi connectivity index (χ1v) is 5.99. The van der Waals surface area contributed by atoms with Crippen LogP contribution < -0.4 is 5.32 Å². The van der Waals surface area contributed by atoms with E-state index in [2.05, 4.69) is 29.4 Å². The Balaban J connectivity index is 2.25. The van der Waals surface area contributed by atoms with E-state index < -0.39 is 0 Å². The molecule has 1 atom stereocenters. The first-order chi connectivity index (χ1) is 8.31. The molecule has 0 fully saturated rings. The van der Waals surface area contributed by atoms with Crippen molar-refractivity contribution < 1.29 is 4.42 Å². The van der Waals surface area contributed by atoms with Crippen LogP contribution in [0.3, 0.4) is 0 Å². The standard InChI is InChI=1S/C14H18N2O/c1-3-6-16-14(12-5-4-7-15-9-12)13-8-11(2)17-10-13/h4-5,7-10,14,16H,3,6H2,1-2H3. The number of pyridine rings is 1. The summed E-state index contributed by atoms with van der Waals surface area (Å²) in [5, 5.41) is 3.52. The van der Waals surface area contributed by atoms with Gasteiger partial charge in [-0.15, -0.1) is 0 Å². The molecule has 2 aromatic rings. The minimum atomic E-state index is 0.168. The van der Waals surface area contributed by atoms with Gasteiger partial charge in [0.1, 0.15) is 5.76 Å². The van der Waals surface area contributed by atoms with E-state index in [0.717, 1.165) is 24.3 Å². The highest BCUT2D eigenvalue weighted by Gasteiger charge is 2.15. The van der Waals surface area contributed by atoms with Crippen LogP contribution in [0, 0.1) is 6.92 Å². The monoisotopic (exact) mass is 230 g/mol. The molecule has 1 N–H and O–H groups in total. The first kappa shape index (κ1) is 11.9. The van der Waals surface area contributed by atoms with E-state index in [4.69, 9.17) is 4.42 Å². The van der Waals surface area contributed by atoms with Crippen molar-refractivity contribution in [3.63, 3.8) is 0 Å². The van der Waals surface area contributed by atoms with E-state index in [0.29, 0.717) is 0 Å². The van der Waals surface area contributed by atoms with Gasteiger partial charge in [-0.1, -0.05) is 13.0 Å². The Hall–Kier alpha value is -1.61. The third kappa shape index (κ3) is 2.94. The lowest BCUT2D eigenvalue weighted by Gasteiger charge is -2.16.